The molecular formula is C14H16N2O2S. The number of benzene rings is 1. The molecule has 0 spiro atoms. The molecule has 0 radical (unpaired) electrons. The van der Waals surface area contributed by atoms with Gasteiger partial charge < -0.3 is 5.32 Å². The molecule has 1 aliphatic rings. The summed E-state index contributed by atoms with van der Waals surface area (Å²) in [5, 5.41) is 3.45. The summed E-state index contributed by atoms with van der Waals surface area (Å²) in [5.41, 5.74) is 1.31. The highest BCUT2D eigenvalue weighted by atomic mass is 32.1. The Kier molecular flexibility index (Phi) is 3.66. The Bertz CT molecular complexity index is 537. The van der Waals surface area contributed by atoms with Crippen LogP contribution in [0.25, 0.3) is 0 Å². The summed E-state index contributed by atoms with van der Waals surface area (Å²) in [6.45, 7) is 5.46. The van der Waals surface area contributed by atoms with Gasteiger partial charge in [-0.15, -0.1) is 0 Å². The number of amides is 1. The molecule has 1 fully saturated rings. The third-order valence-electron chi connectivity index (χ3n) is 3.17. The lowest BCUT2D eigenvalue weighted by molar-refractivity contribution is -0.119. The number of nitrogens with one attached hydrogen (secondary N) is 1. The molecule has 0 bridgehead atoms. The van der Waals surface area contributed by atoms with Gasteiger partial charge in [-0.25, -0.2) is 0 Å². The van der Waals surface area contributed by atoms with Crippen LogP contribution in [0.4, 0.5) is 5.69 Å². The quantitative estimate of drug-likeness (QED) is 0.679. The zero-order chi connectivity index (χ0) is 14.2. The molecule has 100 valence electrons. The Morgan fingerprint density at radius 1 is 1.32 bits per heavy atom. The Balaban J connectivity index is 2.29. The maximum absolute atomic E-state index is 12.3. The smallest absolute Gasteiger partial charge is 0.256 e. The topological polar surface area (TPSA) is 49.4 Å². The average Bonchev–Trinajstić information content (AvgIpc) is 2.65. The van der Waals surface area contributed by atoms with Crippen molar-refractivity contribution in [1.82, 2.24) is 5.32 Å². The summed E-state index contributed by atoms with van der Waals surface area (Å²) in [5.74, 6) is 0.127. The lowest BCUT2D eigenvalue weighted by Crippen LogP contribution is -2.34. The number of hydrogen-bond donors (Lipinski definition) is 1. The highest BCUT2D eigenvalue weighted by Gasteiger charge is 2.37. The molecular weight excluding hydrogens is 260 g/mol. The first-order valence-electron chi connectivity index (χ1n) is 6.17. The van der Waals surface area contributed by atoms with E-state index in [1.165, 1.54) is 11.8 Å². The molecule has 0 aliphatic carbocycles. The van der Waals surface area contributed by atoms with Gasteiger partial charge >= 0.3 is 0 Å². The summed E-state index contributed by atoms with van der Waals surface area (Å²) in [7, 11) is 0. The second-order valence-electron chi connectivity index (χ2n) is 4.95. The number of rotatable bonds is 3. The molecule has 1 unspecified atom stereocenters. The molecule has 0 saturated carbocycles. The SMILES string of the molecule is CC(=O)c1ccc(N2C(=O)C(C(C)C)NC2=S)cc1. The van der Waals surface area contributed by atoms with Gasteiger partial charge in [-0.1, -0.05) is 13.8 Å². The first-order chi connectivity index (χ1) is 8.91. The van der Waals surface area contributed by atoms with Gasteiger partial charge in [0.1, 0.15) is 6.04 Å². The highest BCUT2D eigenvalue weighted by Crippen LogP contribution is 2.23. The predicted octanol–water partition coefficient (Wildman–Crippen LogP) is 2.13. The molecule has 5 heteroatoms. The van der Waals surface area contributed by atoms with Crippen LogP contribution in [-0.2, 0) is 4.79 Å². The van der Waals surface area contributed by atoms with E-state index in [0.29, 0.717) is 16.4 Å². The molecule has 1 aromatic carbocycles. The van der Waals surface area contributed by atoms with Gasteiger partial charge in [-0.2, -0.15) is 0 Å². The van der Waals surface area contributed by atoms with Crippen LogP contribution in [-0.4, -0.2) is 22.8 Å². The van der Waals surface area contributed by atoms with E-state index in [-0.39, 0.29) is 23.7 Å². The van der Waals surface area contributed by atoms with Crippen LogP contribution >= 0.6 is 12.2 Å². The molecule has 19 heavy (non-hydrogen) atoms. The van der Waals surface area contributed by atoms with Crippen LogP contribution in [0.2, 0.25) is 0 Å². The first-order valence-corrected chi connectivity index (χ1v) is 6.58. The molecule has 1 N–H and O–H groups in total. The van der Waals surface area contributed by atoms with E-state index in [4.69, 9.17) is 12.2 Å². The second-order valence-corrected chi connectivity index (χ2v) is 5.33. The highest BCUT2D eigenvalue weighted by molar-refractivity contribution is 7.80. The zero-order valence-electron chi connectivity index (χ0n) is 11.1. The van der Waals surface area contributed by atoms with E-state index in [1.54, 1.807) is 24.3 Å². The van der Waals surface area contributed by atoms with Crippen molar-refractivity contribution in [2.24, 2.45) is 5.92 Å². The van der Waals surface area contributed by atoms with Crippen molar-refractivity contribution in [3.05, 3.63) is 29.8 Å². The van der Waals surface area contributed by atoms with Crippen molar-refractivity contribution in [2.75, 3.05) is 4.90 Å². The molecule has 1 atom stereocenters. The Morgan fingerprint density at radius 3 is 2.32 bits per heavy atom. The third kappa shape index (κ3) is 2.51. The van der Waals surface area contributed by atoms with Crippen LogP contribution in [0.1, 0.15) is 31.1 Å². The fourth-order valence-corrected chi connectivity index (χ4v) is 2.36. The van der Waals surface area contributed by atoms with Crippen molar-refractivity contribution in [3.8, 4) is 0 Å². The van der Waals surface area contributed by atoms with Gasteiger partial charge in [0.2, 0.25) is 0 Å². The molecule has 1 amide bonds. The van der Waals surface area contributed by atoms with Crippen molar-refractivity contribution >= 4 is 34.7 Å². The zero-order valence-corrected chi connectivity index (χ0v) is 12.0. The van der Waals surface area contributed by atoms with Crippen molar-refractivity contribution in [2.45, 2.75) is 26.8 Å². The number of nitrogens with zero attached hydrogens (tertiary/aromatic N) is 1. The largest absolute Gasteiger partial charge is 0.350 e. The van der Waals surface area contributed by atoms with E-state index in [9.17, 15) is 9.59 Å². The number of ketones is 1. The molecule has 2 rings (SSSR count). The standard InChI is InChI=1S/C14H16N2O2S/c1-8(2)12-13(18)16(14(19)15-12)11-6-4-10(5-7-11)9(3)17/h4-8,12H,1-3H3,(H,15,19). The fraction of sp³-hybridized carbons (Fsp3) is 0.357. The number of hydrogen-bond acceptors (Lipinski definition) is 3. The van der Waals surface area contributed by atoms with Crippen LogP contribution < -0.4 is 10.2 Å². The fourth-order valence-electron chi connectivity index (χ4n) is 2.04. The predicted molar refractivity (Wildman–Crippen MR) is 78.3 cm³/mol. The van der Waals surface area contributed by atoms with Crippen LogP contribution in [0, 0.1) is 5.92 Å². The van der Waals surface area contributed by atoms with Gasteiger partial charge in [0.25, 0.3) is 5.91 Å². The normalized spacial score (nSPS) is 18.9. The van der Waals surface area contributed by atoms with Crippen molar-refractivity contribution in [3.63, 3.8) is 0 Å². The Morgan fingerprint density at radius 2 is 1.89 bits per heavy atom. The van der Waals surface area contributed by atoms with Gasteiger partial charge in [-0.3, -0.25) is 14.5 Å². The minimum atomic E-state index is -0.278. The molecule has 4 nitrogen and oxygen atoms in total. The third-order valence-corrected chi connectivity index (χ3v) is 3.47. The van der Waals surface area contributed by atoms with Gasteiger partial charge in [0.05, 0.1) is 5.69 Å². The lowest BCUT2D eigenvalue weighted by Gasteiger charge is -2.16. The summed E-state index contributed by atoms with van der Waals surface area (Å²) in [6, 6.07) is 6.61. The van der Waals surface area contributed by atoms with E-state index >= 15 is 0 Å². The Hall–Kier alpha value is -1.75. The van der Waals surface area contributed by atoms with Gasteiger partial charge in [0.15, 0.2) is 10.9 Å². The summed E-state index contributed by atoms with van der Waals surface area (Å²) >= 11 is 5.21. The van der Waals surface area contributed by atoms with E-state index in [0.717, 1.165) is 0 Å². The average molecular weight is 276 g/mol. The van der Waals surface area contributed by atoms with Crippen LogP contribution in [0.3, 0.4) is 0 Å². The monoisotopic (exact) mass is 276 g/mol. The lowest BCUT2D eigenvalue weighted by atomic mass is 10.0. The number of thiocarbonyl (C=S) groups is 1. The van der Waals surface area contributed by atoms with Crippen LogP contribution in [0.15, 0.2) is 24.3 Å². The molecule has 0 aromatic heterocycles. The molecule has 1 aromatic rings. The van der Waals surface area contributed by atoms with Gasteiger partial charge in [-0.05, 0) is 49.3 Å². The second kappa shape index (κ2) is 5.09. The maximum atomic E-state index is 12.3. The summed E-state index contributed by atoms with van der Waals surface area (Å²) in [4.78, 5) is 25.0. The first kappa shape index (κ1) is 13.7. The molecule has 1 aliphatic heterocycles. The van der Waals surface area contributed by atoms with E-state index in [1.807, 2.05) is 13.8 Å². The maximum Gasteiger partial charge on any atom is 0.256 e. The van der Waals surface area contributed by atoms with Crippen molar-refractivity contribution < 1.29 is 9.59 Å². The van der Waals surface area contributed by atoms with Gasteiger partial charge in [0, 0.05) is 5.56 Å². The van der Waals surface area contributed by atoms with E-state index in [2.05, 4.69) is 5.32 Å². The summed E-state index contributed by atoms with van der Waals surface area (Å²) in [6.07, 6.45) is 0. The molecule has 1 heterocycles. The van der Waals surface area contributed by atoms with E-state index < -0.39 is 0 Å². The van der Waals surface area contributed by atoms with Crippen molar-refractivity contribution in [1.29, 1.82) is 0 Å². The summed E-state index contributed by atoms with van der Waals surface area (Å²) < 4.78 is 0. The Labute approximate surface area is 117 Å². The number of carbonyl (C=O) groups is 2. The number of anilines is 1. The number of carbonyl (C=O) groups excluding carboxylic acids is 2. The van der Waals surface area contributed by atoms with Crippen LogP contribution in [0.5, 0.6) is 0 Å². The molecule has 1 saturated heterocycles. The minimum Gasteiger partial charge on any atom is -0.350 e. The minimum absolute atomic E-state index is 0.0000527. The number of Topliss-reactive ketones (excluding diaryl/α,β-unsaturated/α-hetero) is 1.